The third-order valence-electron chi connectivity index (χ3n) is 4.64. The number of nitrogens with one attached hydrogen (secondary N) is 1. The number of aliphatic hydroxyl groups is 1. The van der Waals surface area contributed by atoms with E-state index in [0.29, 0.717) is 17.8 Å². The first-order valence-corrected chi connectivity index (χ1v) is 7.80. The molecule has 2 unspecified atom stereocenters. The second-order valence-corrected chi connectivity index (χ2v) is 6.15. The fourth-order valence-corrected chi connectivity index (χ4v) is 3.18. The largest absolute Gasteiger partial charge is 0.394 e. The van der Waals surface area contributed by atoms with E-state index in [1.54, 1.807) is 24.8 Å². The number of hydrogen-bond acceptors (Lipinski definition) is 4. The lowest BCUT2D eigenvalue weighted by Crippen LogP contribution is -2.51. The van der Waals surface area contributed by atoms with Crippen LogP contribution in [0.15, 0.2) is 12.1 Å². The smallest absolute Gasteiger partial charge is 0.322 e. The molecule has 0 bridgehead atoms. The van der Waals surface area contributed by atoms with Gasteiger partial charge in [0, 0.05) is 12.6 Å². The van der Waals surface area contributed by atoms with Gasteiger partial charge in [-0.1, -0.05) is 13.0 Å². The average Bonchev–Trinajstić information content (AvgIpc) is 2.50. The molecule has 0 aliphatic carbocycles. The molecule has 7 nitrogen and oxygen atoms in total. The van der Waals surface area contributed by atoms with Crippen molar-refractivity contribution in [3.05, 3.63) is 33.4 Å². The summed E-state index contributed by atoms with van der Waals surface area (Å²) in [5.74, 6) is 0.229. The van der Waals surface area contributed by atoms with Gasteiger partial charge in [-0.05, 0) is 38.2 Å². The number of benzene rings is 1. The van der Waals surface area contributed by atoms with Gasteiger partial charge in [0.1, 0.15) is 0 Å². The quantitative estimate of drug-likeness (QED) is 0.661. The summed E-state index contributed by atoms with van der Waals surface area (Å²) in [6, 6.07) is 2.54. The molecule has 2 rings (SSSR count). The van der Waals surface area contributed by atoms with Crippen molar-refractivity contribution < 1.29 is 14.8 Å². The van der Waals surface area contributed by atoms with Gasteiger partial charge in [0.05, 0.1) is 28.8 Å². The van der Waals surface area contributed by atoms with Crippen molar-refractivity contribution in [3.63, 3.8) is 0 Å². The third-order valence-corrected chi connectivity index (χ3v) is 4.64. The van der Waals surface area contributed by atoms with Crippen LogP contribution in [0.5, 0.6) is 0 Å². The monoisotopic (exact) mass is 321 g/mol. The second-order valence-electron chi connectivity index (χ2n) is 6.15. The Morgan fingerprint density at radius 2 is 2.17 bits per heavy atom. The van der Waals surface area contributed by atoms with Crippen LogP contribution in [0.1, 0.15) is 30.9 Å². The van der Waals surface area contributed by atoms with Crippen molar-refractivity contribution in [1.82, 2.24) is 4.90 Å². The summed E-state index contributed by atoms with van der Waals surface area (Å²) in [5, 5.41) is 23.4. The van der Waals surface area contributed by atoms with E-state index in [4.69, 9.17) is 0 Å². The fourth-order valence-electron chi connectivity index (χ4n) is 3.18. The van der Waals surface area contributed by atoms with Crippen molar-refractivity contribution in [1.29, 1.82) is 0 Å². The molecule has 1 aliphatic heterocycles. The summed E-state index contributed by atoms with van der Waals surface area (Å²) < 4.78 is 0. The van der Waals surface area contributed by atoms with Crippen molar-refractivity contribution >= 4 is 17.4 Å². The van der Waals surface area contributed by atoms with Crippen LogP contribution >= 0.6 is 0 Å². The molecule has 1 aromatic carbocycles. The van der Waals surface area contributed by atoms with E-state index in [9.17, 15) is 20.0 Å². The molecule has 1 aromatic rings. The van der Waals surface area contributed by atoms with Gasteiger partial charge >= 0.3 is 6.03 Å². The minimum absolute atomic E-state index is 0.0170. The van der Waals surface area contributed by atoms with Crippen molar-refractivity contribution in [2.45, 2.75) is 39.7 Å². The van der Waals surface area contributed by atoms with Gasteiger partial charge in [0.25, 0.3) is 5.69 Å². The van der Waals surface area contributed by atoms with Crippen LogP contribution in [0.25, 0.3) is 0 Å². The average molecular weight is 321 g/mol. The molecule has 23 heavy (non-hydrogen) atoms. The number of nitrogens with zero attached hydrogens (tertiary/aromatic N) is 2. The molecule has 2 N–H and O–H groups in total. The molecule has 0 saturated carbocycles. The summed E-state index contributed by atoms with van der Waals surface area (Å²) in [4.78, 5) is 24.8. The van der Waals surface area contributed by atoms with Crippen LogP contribution in [0.4, 0.5) is 16.2 Å². The number of amides is 2. The molecule has 2 atom stereocenters. The summed E-state index contributed by atoms with van der Waals surface area (Å²) in [5.41, 5.74) is 1.66. The van der Waals surface area contributed by atoms with Crippen LogP contribution in [0.3, 0.4) is 0 Å². The number of piperidine rings is 1. The van der Waals surface area contributed by atoms with Crippen LogP contribution in [0, 0.1) is 29.9 Å². The predicted octanol–water partition coefficient (Wildman–Crippen LogP) is 2.84. The maximum Gasteiger partial charge on any atom is 0.322 e. The zero-order valence-electron chi connectivity index (χ0n) is 13.7. The number of anilines is 1. The number of nitro benzene ring substituents is 1. The zero-order valence-corrected chi connectivity index (χ0v) is 13.7. The van der Waals surface area contributed by atoms with E-state index in [-0.39, 0.29) is 30.3 Å². The number of rotatable bonds is 3. The number of aliphatic hydroxyl groups excluding tert-OH is 1. The lowest BCUT2D eigenvalue weighted by atomic mass is 9.91. The first-order valence-electron chi connectivity index (χ1n) is 7.80. The topological polar surface area (TPSA) is 95.7 Å². The molecule has 7 heteroatoms. The van der Waals surface area contributed by atoms with Gasteiger partial charge < -0.3 is 15.3 Å². The SMILES string of the molecule is Cc1ccc([N+](=O)[O-])c(C)c1NC(=O)N1CCCC(C)C1CO. The lowest BCUT2D eigenvalue weighted by molar-refractivity contribution is -0.385. The van der Waals surface area contributed by atoms with Crippen molar-refractivity contribution in [2.75, 3.05) is 18.5 Å². The second kappa shape index (κ2) is 6.95. The Hall–Kier alpha value is -2.15. The van der Waals surface area contributed by atoms with E-state index in [0.717, 1.165) is 18.4 Å². The highest BCUT2D eigenvalue weighted by Gasteiger charge is 2.32. The number of nitro groups is 1. The highest BCUT2D eigenvalue weighted by Crippen LogP contribution is 2.30. The molecule has 0 aromatic heterocycles. The van der Waals surface area contributed by atoms with Gasteiger partial charge in [-0.15, -0.1) is 0 Å². The van der Waals surface area contributed by atoms with Gasteiger partial charge in [-0.25, -0.2) is 4.79 Å². The number of carbonyl (C=O) groups is 1. The minimum Gasteiger partial charge on any atom is -0.394 e. The van der Waals surface area contributed by atoms with Crippen molar-refractivity contribution in [3.8, 4) is 0 Å². The molecular weight excluding hydrogens is 298 g/mol. The maximum absolute atomic E-state index is 12.6. The molecule has 2 amide bonds. The maximum atomic E-state index is 12.6. The van der Waals surface area contributed by atoms with E-state index in [2.05, 4.69) is 5.32 Å². The van der Waals surface area contributed by atoms with Gasteiger partial charge in [-0.2, -0.15) is 0 Å². The Labute approximate surface area is 135 Å². The number of hydrogen-bond donors (Lipinski definition) is 2. The normalized spacial score (nSPS) is 21.1. The Balaban J connectivity index is 2.26. The Kier molecular flexibility index (Phi) is 5.20. The minimum atomic E-state index is -0.454. The Morgan fingerprint density at radius 1 is 1.48 bits per heavy atom. The molecule has 0 spiro atoms. The van der Waals surface area contributed by atoms with E-state index < -0.39 is 4.92 Å². The summed E-state index contributed by atoms with van der Waals surface area (Å²) >= 11 is 0. The van der Waals surface area contributed by atoms with Gasteiger partial charge in [0.15, 0.2) is 0 Å². The molecule has 1 fully saturated rings. The van der Waals surface area contributed by atoms with Crippen LogP contribution in [-0.4, -0.2) is 40.2 Å². The first kappa shape index (κ1) is 17.2. The molecule has 1 heterocycles. The van der Waals surface area contributed by atoms with Crippen molar-refractivity contribution in [2.24, 2.45) is 5.92 Å². The predicted molar refractivity (Wildman–Crippen MR) is 87.6 cm³/mol. The van der Waals surface area contributed by atoms with Crippen LogP contribution < -0.4 is 5.32 Å². The summed E-state index contributed by atoms with van der Waals surface area (Å²) in [6.07, 6.45) is 1.86. The standard InChI is InChI=1S/C16H23N3O4/c1-10-5-4-8-18(14(10)9-20)16(21)17-15-11(2)6-7-13(12(15)3)19(22)23/h6-7,10,14,20H,4-5,8-9H2,1-3H3,(H,17,21). The van der Waals surface area contributed by atoms with E-state index in [1.807, 2.05) is 6.92 Å². The summed E-state index contributed by atoms with van der Waals surface area (Å²) in [7, 11) is 0. The van der Waals surface area contributed by atoms with Gasteiger partial charge in [-0.3, -0.25) is 10.1 Å². The number of urea groups is 1. The van der Waals surface area contributed by atoms with Crippen LogP contribution in [0.2, 0.25) is 0 Å². The summed E-state index contributed by atoms with van der Waals surface area (Å²) in [6.45, 7) is 5.94. The number of carbonyl (C=O) groups excluding carboxylic acids is 1. The molecule has 0 radical (unpaired) electrons. The van der Waals surface area contributed by atoms with E-state index >= 15 is 0 Å². The van der Waals surface area contributed by atoms with E-state index in [1.165, 1.54) is 6.07 Å². The Morgan fingerprint density at radius 3 is 2.78 bits per heavy atom. The first-order chi connectivity index (χ1) is 10.9. The highest BCUT2D eigenvalue weighted by molar-refractivity contribution is 5.92. The lowest BCUT2D eigenvalue weighted by Gasteiger charge is -2.39. The number of likely N-dealkylation sites (tertiary alicyclic amines) is 1. The number of aryl methyl sites for hydroxylation is 1. The fraction of sp³-hybridized carbons (Fsp3) is 0.562. The molecular formula is C16H23N3O4. The molecule has 1 saturated heterocycles. The van der Waals surface area contributed by atoms with Gasteiger partial charge in [0.2, 0.25) is 0 Å². The third kappa shape index (κ3) is 3.44. The molecule has 126 valence electrons. The Bertz CT molecular complexity index is 618. The van der Waals surface area contributed by atoms with Crippen LogP contribution in [-0.2, 0) is 0 Å². The molecule has 1 aliphatic rings. The zero-order chi connectivity index (χ0) is 17.1. The highest BCUT2D eigenvalue weighted by atomic mass is 16.6.